The molecule has 5 aliphatic rings. The molecular formula is C20H38N4. The Kier molecular flexibility index (Phi) is 4.94. The number of hydrogen-bond acceptors (Lipinski definition) is 4. The minimum absolute atomic E-state index is 0.361. The summed E-state index contributed by atoms with van der Waals surface area (Å²) in [5.74, 6) is 0.948. The molecule has 0 aliphatic carbocycles. The van der Waals surface area contributed by atoms with Crippen molar-refractivity contribution >= 4 is 0 Å². The van der Waals surface area contributed by atoms with Crippen LogP contribution in [0.1, 0.15) is 52.9 Å². The van der Waals surface area contributed by atoms with Gasteiger partial charge in [0.15, 0.2) is 0 Å². The minimum Gasteiger partial charge on any atom is -0.317 e. The van der Waals surface area contributed by atoms with Crippen molar-refractivity contribution in [1.82, 2.24) is 20.0 Å². The van der Waals surface area contributed by atoms with Gasteiger partial charge in [0.05, 0.1) is 0 Å². The van der Waals surface area contributed by atoms with Gasteiger partial charge in [0.1, 0.15) is 0 Å². The van der Waals surface area contributed by atoms with E-state index in [4.69, 9.17) is 0 Å². The zero-order chi connectivity index (χ0) is 16.7. The summed E-state index contributed by atoms with van der Waals surface area (Å²) in [5, 5.41) is 3.50. The molecule has 138 valence electrons. The molecule has 5 aliphatic heterocycles. The molecule has 4 nitrogen and oxygen atoms in total. The third-order valence-electron chi connectivity index (χ3n) is 7.03. The standard InChI is InChI=1S/C20H38N4/c1-20(2,3)24-18-12-19(24)15-22(14-18)13-16-6-10-23(11-7-16)17-4-8-21-9-5-17/h16-19,21H,4-15H2,1-3H3. The number of fused-ring (bicyclic) bond motifs is 2. The first-order chi connectivity index (χ1) is 11.5. The lowest BCUT2D eigenvalue weighted by atomic mass is 9.81. The number of piperazine rings is 1. The average Bonchev–Trinajstić information content (AvgIpc) is 2.55. The van der Waals surface area contributed by atoms with Crippen molar-refractivity contribution in [2.75, 3.05) is 45.8 Å². The van der Waals surface area contributed by atoms with Crippen molar-refractivity contribution in [2.45, 2.75) is 76.5 Å². The second-order valence-electron chi connectivity index (χ2n) is 9.80. The van der Waals surface area contributed by atoms with E-state index in [1.165, 1.54) is 77.9 Å². The monoisotopic (exact) mass is 334 g/mol. The number of piperidine rings is 3. The molecule has 0 aromatic rings. The first-order valence-corrected chi connectivity index (χ1v) is 10.5. The van der Waals surface area contributed by atoms with Gasteiger partial charge in [-0.3, -0.25) is 9.80 Å². The van der Waals surface area contributed by atoms with Crippen LogP contribution in [0.3, 0.4) is 0 Å². The third kappa shape index (κ3) is 3.53. The summed E-state index contributed by atoms with van der Waals surface area (Å²) >= 11 is 0. The number of nitrogens with one attached hydrogen (secondary N) is 1. The quantitative estimate of drug-likeness (QED) is 0.852. The lowest BCUT2D eigenvalue weighted by molar-refractivity contribution is -0.122. The van der Waals surface area contributed by atoms with Gasteiger partial charge in [-0.25, -0.2) is 0 Å². The number of hydrogen-bond donors (Lipinski definition) is 1. The summed E-state index contributed by atoms with van der Waals surface area (Å²) in [5.41, 5.74) is 0.361. The molecule has 0 aromatic carbocycles. The topological polar surface area (TPSA) is 21.8 Å². The molecular weight excluding hydrogens is 296 g/mol. The molecule has 5 heterocycles. The predicted molar refractivity (Wildman–Crippen MR) is 100 cm³/mol. The van der Waals surface area contributed by atoms with E-state index < -0.39 is 0 Å². The van der Waals surface area contributed by atoms with Gasteiger partial charge in [0.2, 0.25) is 0 Å². The van der Waals surface area contributed by atoms with Crippen molar-refractivity contribution in [3.8, 4) is 0 Å². The van der Waals surface area contributed by atoms with E-state index in [0.29, 0.717) is 5.54 Å². The molecule has 5 fully saturated rings. The van der Waals surface area contributed by atoms with E-state index in [1.807, 2.05) is 0 Å². The first kappa shape index (κ1) is 17.3. The Morgan fingerprint density at radius 3 is 2.08 bits per heavy atom. The molecule has 0 aromatic heterocycles. The van der Waals surface area contributed by atoms with E-state index in [-0.39, 0.29) is 0 Å². The summed E-state index contributed by atoms with van der Waals surface area (Å²) in [6.45, 7) is 16.3. The van der Waals surface area contributed by atoms with Gasteiger partial charge in [-0.2, -0.15) is 0 Å². The van der Waals surface area contributed by atoms with Crippen LogP contribution >= 0.6 is 0 Å². The van der Waals surface area contributed by atoms with Crippen LogP contribution in [0.5, 0.6) is 0 Å². The van der Waals surface area contributed by atoms with Crippen molar-refractivity contribution in [1.29, 1.82) is 0 Å². The van der Waals surface area contributed by atoms with E-state index >= 15 is 0 Å². The fourth-order valence-corrected chi connectivity index (χ4v) is 5.98. The van der Waals surface area contributed by atoms with Crippen molar-refractivity contribution < 1.29 is 0 Å². The molecule has 2 atom stereocenters. The van der Waals surface area contributed by atoms with E-state index in [1.54, 1.807) is 0 Å². The Morgan fingerprint density at radius 2 is 1.50 bits per heavy atom. The lowest BCUT2D eigenvalue weighted by Crippen LogP contribution is -2.73. The molecule has 4 heteroatoms. The average molecular weight is 335 g/mol. The van der Waals surface area contributed by atoms with Gasteiger partial charge in [-0.15, -0.1) is 0 Å². The smallest absolute Gasteiger partial charge is 0.0247 e. The summed E-state index contributed by atoms with van der Waals surface area (Å²) in [6, 6.07) is 2.53. The van der Waals surface area contributed by atoms with Crippen LogP contribution < -0.4 is 5.32 Å². The van der Waals surface area contributed by atoms with Gasteiger partial charge in [0.25, 0.3) is 0 Å². The van der Waals surface area contributed by atoms with Crippen LogP contribution in [-0.2, 0) is 0 Å². The fourth-order valence-electron chi connectivity index (χ4n) is 5.98. The minimum atomic E-state index is 0.361. The molecule has 0 amide bonds. The number of nitrogens with zero attached hydrogens (tertiary/aromatic N) is 3. The molecule has 5 saturated heterocycles. The summed E-state index contributed by atoms with van der Waals surface area (Å²) < 4.78 is 0. The molecule has 2 bridgehead atoms. The molecule has 1 N–H and O–H groups in total. The van der Waals surface area contributed by atoms with Gasteiger partial charge >= 0.3 is 0 Å². The maximum Gasteiger partial charge on any atom is 0.0247 e. The van der Waals surface area contributed by atoms with Gasteiger partial charge < -0.3 is 10.2 Å². The molecule has 0 spiro atoms. The SMILES string of the molecule is CC(C)(C)N1C2CC1CN(CC1CCN(C3CCNCC3)CC1)C2. The predicted octanol–water partition coefficient (Wildman–Crippen LogP) is 2.01. The summed E-state index contributed by atoms with van der Waals surface area (Å²) in [7, 11) is 0. The Morgan fingerprint density at radius 1 is 0.875 bits per heavy atom. The van der Waals surface area contributed by atoms with Crippen LogP contribution in [-0.4, -0.2) is 84.2 Å². The third-order valence-corrected chi connectivity index (χ3v) is 7.03. The van der Waals surface area contributed by atoms with Crippen molar-refractivity contribution in [2.24, 2.45) is 5.92 Å². The highest BCUT2D eigenvalue weighted by Gasteiger charge is 2.49. The molecule has 0 saturated carbocycles. The number of rotatable bonds is 3. The van der Waals surface area contributed by atoms with Crippen molar-refractivity contribution in [3.05, 3.63) is 0 Å². The van der Waals surface area contributed by atoms with Crippen LogP contribution in [0.25, 0.3) is 0 Å². The Bertz CT molecular complexity index is 406. The highest BCUT2D eigenvalue weighted by Crippen LogP contribution is 2.38. The van der Waals surface area contributed by atoms with Gasteiger partial charge in [-0.05, 0) is 85.0 Å². The highest BCUT2D eigenvalue weighted by atomic mass is 15.4. The van der Waals surface area contributed by atoms with Crippen LogP contribution in [0, 0.1) is 5.92 Å². The van der Waals surface area contributed by atoms with E-state index in [0.717, 1.165) is 24.0 Å². The van der Waals surface area contributed by atoms with Gasteiger partial charge in [-0.1, -0.05) is 0 Å². The fraction of sp³-hybridized carbons (Fsp3) is 1.00. The summed E-state index contributed by atoms with van der Waals surface area (Å²) in [6.07, 6.45) is 7.03. The highest BCUT2D eigenvalue weighted by molar-refractivity contribution is 5.05. The van der Waals surface area contributed by atoms with Crippen LogP contribution in [0.15, 0.2) is 0 Å². The van der Waals surface area contributed by atoms with E-state index in [2.05, 4.69) is 40.8 Å². The second kappa shape index (κ2) is 6.86. The van der Waals surface area contributed by atoms with Crippen LogP contribution in [0.4, 0.5) is 0 Å². The molecule has 5 rings (SSSR count). The van der Waals surface area contributed by atoms with E-state index in [9.17, 15) is 0 Å². The maximum absolute atomic E-state index is 3.50. The number of likely N-dealkylation sites (tertiary alicyclic amines) is 1. The summed E-state index contributed by atoms with van der Waals surface area (Å²) in [4.78, 5) is 8.38. The molecule has 24 heavy (non-hydrogen) atoms. The zero-order valence-electron chi connectivity index (χ0n) is 16.1. The Hall–Kier alpha value is -0.160. The molecule has 2 unspecified atom stereocenters. The van der Waals surface area contributed by atoms with Crippen LogP contribution in [0.2, 0.25) is 0 Å². The zero-order valence-corrected chi connectivity index (χ0v) is 16.1. The molecule has 0 radical (unpaired) electrons. The first-order valence-electron chi connectivity index (χ1n) is 10.5. The maximum atomic E-state index is 3.50. The van der Waals surface area contributed by atoms with Crippen molar-refractivity contribution in [3.63, 3.8) is 0 Å². The Labute approximate surface area is 148 Å². The largest absolute Gasteiger partial charge is 0.317 e. The lowest BCUT2D eigenvalue weighted by Gasteiger charge is -2.62. The normalized spacial score (nSPS) is 35.1. The Balaban J connectivity index is 1.21. The van der Waals surface area contributed by atoms with Gasteiger partial charge in [0, 0.05) is 43.3 Å². The second-order valence-corrected chi connectivity index (χ2v) is 9.80.